The quantitative estimate of drug-likeness (QED) is 0.631. The van der Waals surface area contributed by atoms with Gasteiger partial charge in [0.15, 0.2) is 0 Å². The molecule has 1 rings (SSSR count). The third-order valence-electron chi connectivity index (χ3n) is 2.81. The van der Waals surface area contributed by atoms with Crippen molar-refractivity contribution >= 4 is 38.0 Å². The number of rotatable bonds is 5. The monoisotopic (exact) mass is 455 g/mol. The fourth-order valence-electron chi connectivity index (χ4n) is 1.82. The summed E-state index contributed by atoms with van der Waals surface area (Å²) in [6.07, 6.45) is -3.23. The smallest absolute Gasteiger partial charge is 0.407 e. The zero-order chi connectivity index (χ0) is 17.8. The van der Waals surface area contributed by atoms with Crippen LogP contribution in [-0.4, -0.2) is 34.6 Å². The second-order valence-electron chi connectivity index (χ2n) is 6.01. The zero-order valence-corrected chi connectivity index (χ0v) is 16.2. The zero-order valence-electron chi connectivity index (χ0n) is 13.1. The van der Waals surface area contributed by atoms with Gasteiger partial charge < -0.3 is 20.3 Å². The summed E-state index contributed by atoms with van der Waals surface area (Å²) < 4.78 is 19.8. The molecule has 130 valence electrons. The normalized spacial score (nSPS) is 14.3. The molecule has 23 heavy (non-hydrogen) atoms. The molecular weight excluding hydrogens is 437 g/mol. The van der Waals surface area contributed by atoms with Gasteiger partial charge in [-0.3, -0.25) is 0 Å². The minimum absolute atomic E-state index is 0.0297. The third-order valence-corrected chi connectivity index (χ3v) is 3.93. The van der Waals surface area contributed by atoms with E-state index in [2.05, 4.69) is 37.2 Å². The number of ether oxygens (including phenoxy) is 1. The van der Waals surface area contributed by atoms with E-state index in [0.29, 0.717) is 8.95 Å². The van der Waals surface area contributed by atoms with E-state index in [4.69, 9.17) is 4.74 Å². The summed E-state index contributed by atoms with van der Waals surface area (Å²) in [4.78, 5) is 11.5. The number of benzene rings is 1. The van der Waals surface area contributed by atoms with E-state index in [1.54, 1.807) is 26.8 Å². The number of hydrogen-bond donors (Lipinski definition) is 3. The minimum atomic E-state index is -1.42. The predicted molar refractivity (Wildman–Crippen MR) is 91.6 cm³/mol. The average Bonchev–Trinajstić information content (AvgIpc) is 2.34. The predicted octanol–water partition coefficient (Wildman–Crippen LogP) is 3.66. The van der Waals surface area contributed by atoms with Crippen LogP contribution in [0.1, 0.15) is 38.9 Å². The lowest BCUT2D eigenvalue weighted by molar-refractivity contribution is 0.00993. The molecule has 0 radical (unpaired) electrons. The van der Waals surface area contributed by atoms with Crippen molar-refractivity contribution in [2.75, 3.05) is 6.54 Å². The van der Waals surface area contributed by atoms with E-state index in [-0.39, 0.29) is 18.5 Å². The van der Waals surface area contributed by atoms with Gasteiger partial charge in [-0.05, 0) is 39.3 Å². The number of alkyl carbamates (subject to hydrolysis) is 1. The SMILES string of the molecule is CC(C)(C)OC(=O)NCCC(O)C(O)c1c(F)cc(Br)cc1Br. The minimum Gasteiger partial charge on any atom is -0.444 e. The van der Waals surface area contributed by atoms with Gasteiger partial charge in [-0.1, -0.05) is 31.9 Å². The van der Waals surface area contributed by atoms with Crippen LogP contribution in [0, 0.1) is 5.82 Å². The van der Waals surface area contributed by atoms with Crippen molar-refractivity contribution in [3.8, 4) is 0 Å². The lowest BCUT2D eigenvalue weighted by Gasteiger charge is -2.22. The van der Waals surface area contributed by atoms with Crippen molar-refractivity contribution < 1.29 is 24.1 Å². The standard InChI is InChI=1S/C15H20Br2FNO4/c1-15(2,3)23-14(22)19-5-4-11(20)13(21)12-9(17)6-8(16)7-10(12)18/h6-7,11,13,20-21H,4-5H2,1-3H3,(H,19,22). The number of halogens is 3. The molecular formula is C15H20Br2FNO4. The van der Waals surface area contributed by atoms with Gasteiger partial charge in [0.25, 0.3) is 0 Å². The van der Waals surface area contributed by atoms with Gasteiger partial charge in [-0.2, -0.15) is 0 Å². The van der Waals surface area contributed by atoms with Gasteiger partial charge in [-0.25, -0.2) is 9.18 Å². The van der Waals surface area contributed by atoms with E-state index in [0.717, 1.165) is 0 Å². The first-order valence-electron chi connectivity index (χ1n) is 6.98. The van der Waals surface area contributed by atoms with Gasteiger partial charge in [0.2, 0.25) is 0 Å². The highest BCUT2D eigenvalue weighted by atomic mass is 79.9. The van der Waals surface area contributed by atoms with E-state index in [1.165, 1.54) is 6.07 Å². The highest BCUT2D eigenvalue weighted by molar-refractivity contribution is 9.11. The Morgan fingerprint density at radius 3 is 2.48 bits per heavy atom. The van der Waals surface area contributed by atoms with Crippen LogP contribution in [0.15, 0.2) is 21.1 Å². The fourth-order valence-corrected chi connectivity index (χ4v) is 3.23. The number of carbonyl (C=O) groups excluding carboxylic acids is 1. The molecule has 0 aliphatic carbocycles. The molecule has 0 fully saturated rings. The number of hydrogen-bond acceptors (Lipinski definition) is 4. The first-order chi connectivity index (χ1) is 10.5. The molecule has 3 N–H and O–H groups in total. The lowest BCUT2D eigenvalue weighted by atomic mass is 10.0. The maximum absolute atomic E-state index is 13.9. The molecule has 1 amide bonds. The molecule has 2 atom stereocenters. The van der Waals surface area contributed by atoms with Crippen molar-refractivity contribution in [1.82, 2.24) is 5.32 Å². The molecule has 0 bridgehead atoms. The Balaban J connectivity index is 2.59. The van der Waals surface area contributed by atoms with E-state index in [1.807, 2.05) is 0 Å². The topological polar surface area (TPSA) is 78.8 Å². The molecule has 0 saturated carbocycles. The summed E-state index contributed by atoms with van der Waals surface area (Å²) >= 11 is 6.30. The Morgan fingerprint density at radius 2 is 1.96 bits per heavy atom. The number of aliphatic hydroxyl groups is 2. The van der Waals surface area contributed by atoms with Crippen LogP contribution in [0.3, 0.4) is 0 Å². The Kier molecular flexibility index (Phi) is 7.44. The maximum atomic E-state index is 13.9. The summed E-state index contributed by atoms with van der Waals surface area (Å²) in [6, 6.07) is 2.78. The third kappa shape index (κ3) is 6.74. The molecule has 1 aromatic rings. The summed E-state index contributed by atoms with van der Waals surface area (Å²) in [5.41, 5.74) is -0.647. The fraction of sp³-hybridized carbons (Fsp3) is 0.533. The molecule has 0 spiro atoms. The molecule has 0 aliphatic rings. The summed E-state index contributed by atoms with van der Waals surface area (Å²) in [6.45, 7) is 5.29. The number of nitrogens with one attached hydrogen (secondary N) is 1. The van der Waals surface area contributed by atoms with Gasteiger partial charge in [0, 0.05) is 21.1 Å². The first-order valence-corrected chi connectivity index (χ1v) is 8.57. The van der Waals surface area contributed by atoms with E-state index in [9.17, 15) is 19.4 Å². The van der Waals surface area contributed by atoms with Gasteiger partial charge >= 0.3 is 6.09 Å². The Labute approximate surface area is 151 Å². The van der Waals surface area contributed by atoms with Gasteiger partial charge in [0.05, 0.1) is 6.10 Å². The van der Waals surface area contributed by atoms with Crippen molar-refractivity contribution in [1.29, 1.82) is 0 Å². The molecule has 0 aliphatic heterocycles. The highest BCUT2D eigenvalue weighted by Gasteiger charge is 2.25. The van der Waals surface area contributed by atoms with Crippen molar-refractivity contribution in [3.05, 3.63) is 32.5 Å². The molecule has 2 unspecified atom stereocenters. The Morgan fingerprint density at radius 1 is 1.35 bits per heavy atom. The van der Waals surface area contributed by atoms with Crippen LogP contribution in [0.2, 0.25) is 0 Å². The molecule has 0 heterocycles. The second kappa shape index (κ2) is 8.41. The largest absolute Gasteiger partial charge is 0.444 e. The van der Waals surface area contributed by atoms with Gasteiger partial charge in [-0.15, -0.1) is 0 Å². The van der Waals surface area contributed by atoms with E-state index >= 15 is 0 Å². The number of aliphatic hydroxyl groups excluding tert-OH is 2. The van der Waals surface area contributed by atoms with Crippen LogP contribution < -0.4 is 5.32 Å². The molecule has 5 nitrogen and oxygen atoms in total. The van der Waals surface area contributed by atoms with Crippen molar-refractivity contribution in [2.24, 2.45) is 0 Å². The summed E-state index contributed by atoms with van der Waals surface area (Å²) in [5, 5.41) is 22.6. The number of carbonyl (C=O) groups is 1. The summed E-state index contributed by atoms with van der Waals surface area (Å²) in [5.74, 6) is -0.641. The molecule has 1 aromatic carbocycles. The highest BCUT2D eigenvalue weighted by Crippen LogP contribution is 2.32. The van der Waals surface area contributed by atoms with Gasteiger partial charge in [0.1, 0.15) is 17.5 Å². The lowest BCUT2D eigenvalue weighted by Crippen LogP contribution is -2.34. The van der Waals surface area contributed by atoms with Crippen LogP contribution in [0.5, 0.6) is 0 Å². The number of amides is 1. The molecule has 0 saturated heterocycles. The van der Waals surface area contributed by atoms with Crippen LogP contribution in [0.4, 0.5) is 9.18 Å². The Bertz CT molecular complexity index is 540. The van der Waals surface area contributed by atoms with Crippen LogP contribution in [-0.2, 0) is 4.74 Å². The van der Waals surface area contributed by atoms with Crippen LogP contribution >= 0.6 is 31.9 Å². The van der Waals surface area contributed by atoms with E-state index < -0.39 is 29.7 Å². The van der Waals surface area contributed by atoms with Crippen LogP contribution in [0.25, 0.3) is 0 Å². The van der Waals surface area contributed by atoms with Crippen molar-refractivity contribution in [2.45, 2.75) is 45.0 Å². The Hall–Kier alpha value is -0.700. The summed E-state index contributed by atoms with van der Waals surface area (Å²) in [7, 11) is 0. The second-order valence-corrected chi connectivity index (χ2v) is 7.78. The maximum Gasteiger partial charge on any atom is 0.407 e. The van der Waals surface area contributed by atoms with Crippen molar-refractivity contribution in [3.63, 3.8) is 0 Å². The molecule has 0 aromatic heterocycles. The first kappa shape index (κ1) is 20.3. The molecule has 8 heteroatoms. The average molecular weight is 457 g/mol.